The summed E-state index contributed by atoms with van der Waals surface area (Å²) in [7, 11) is 0. The predicted molar refractivity (Wildman–Crippen MR) is 102 cm³/mol. The van der Waals surface area contributed by atoms with Gasteiger partial charge >= 0.3 is 0 Å². The maximum absolute atomic E-state index is 13.0. The SMILES string of the molecule is C=Cc1cccc(C(=O)C2CC3CCC(C2)N3Cc2ccccc2)c1. The molecule has 0 N–H and O–H groups in total. The van der Waals surface area contributed by atoms with E-state index in [2.05, 4.69) is 41.8 Å². The number of rotatable bonds is 5. The zero-order valence-electron chi connectivity index (χ0n) is 14.6. The van der Waals surface area contributed by atoms with Gasteiger partial charge in [0.05, 0.1) is 0 Å². The van der Waals surface area contributed by atoms with Crippen LogP contribution in [0, 0.1) is 5.92 Å². The zero-order valence-corrected chi connectivity index (χ0v) is 14.6. The van der Waals surface area contributed by atoms with Gasteiger partial charge in [0.15, 0.2) is 5.78 Å². The Bertz CT molecular complexity index is 753. The quantitative estimate of drug-likeness (QED) is 0.722. The Labute approximate surface area is 150 Å². The van der Waals surface area contributed by atoms with Crippen LogP contribution in [-0.4, -0.2) is 22.8 Å². The Hall–Kier alpha value is -2.19. The lowest BCUT2D eigenvalue weighted by Crippen LogP contribution is -2.44. The van der Waals surface area contributed by atoms with Crippen molar-refractivity contribution >= 4 is 11.9 Å². The molecule has 2 fully saturated rings. The van der Waals surface area contributed by atoms with Crippen LogP contribution in [0.5, 0.6) is 0 Å². The number of hydrogen-bond acceptors (Lipinski definition) is 2. The first-order valence-corrected chi connectivity index (χ1v) is 9.31. The Kier molecular flexibility index (Phi) is 4.54. The molecule has 2 unspecified atom stereocenters. The number of ketones is 1. The van der Waals surface area contributed by atoms with E-state index in [4.69, 9.17) is 0 Å². The van der Waals surface area contributed by atoms with Crippen LogP contribution in [-0.2, 0) is 6.54 Å². The molecule has 0 radical (unpaired) electrons. The van der Waals surface area contributed by atoms with Gasteiger partial charge in [0.1, 0.15) is 0 Å². The fraction of sp³-hybridized carbons (Fsp3) is 0.348. The number of Topliss-reactive ketones (excluding diaryl/α,β-unsaturated/α-hetero) is 1. The third-order valence-corrected chi connectivity index (χ3v) is 5.87. The molecule has 2 aromatic rings. The van der Waals surface area contributed by atoms with Crippen molar-refractivity contribution in [1.29, 1.82) is 0 Å². The molecule has 2 aliphatic rings. The van der Waals surface area contributed by atoms with E-state index in [1.807, 2.05) is 30.3 Å². The van der Waals surface area contributed by atoms with Crippen molar-refractivity contribution < 1.29 is 4.79 Å². The monoisotopic (exact) mass is 331 g/mol. The van der Waals surface area contributed by atoms with E-state index in [1.54, 1.807) is 0 Å². The van der Waals surface area contributed by atoms with Crippen LogP contribution in [0.1, 0.15) is 47.2 Å². The molecule has 2 heteroatoms. The summed E-state index contributed by atoms with van der Waals surface area (Å²) in [5.41, 5.74) is 3.25. The lowest BCUT2D eigenvalue weighted by atomic mass is 9.84. The van der Waals surface area contributed by atoms with Crippen molar-refractivity contribution in [2.24, 2.45) is 5.92 Å². The molecule has 4 rings (SSSR count). The van der Waals surface area contributed by atoms with E-state index in [9.17, 15) is 4.79 Å². The van der Waals surface area contributed by atoms with Crippen LogP contribution in [0.25, 0.3) is 6.08 Å². The average molecular weight is 331 g/mol. The highest BCUT2D eigenvalue weighted by Crippen LogP contribution is 2.40. The minimum absolute atomic E-state index is 0.171. The Morgan fingerprint density at radius 2 is 1.76 bits per heavy atom. The van der Waals surface area contributed by atoms with Gasteiger partial charge < -0.3 is 0 Å². The number of carbonyl (C=O) groups is 1. The maximum Gasteiger partial charge on any atom is 0.166 e. The van der Waals surface area contributed by atoms with E-state index in [-0.39, 0.29) is 5.92 Å². The highest BCUT2D eigenvalue weighted by atomic mass is 16.1. The zero-order chi connectivity index (χ0) is 17.2. The van der Waals surface area contributed by atoms with Crippen LogP contribution in [0.4, 0.5) is 0 Å². The van der Waals surface area contributed by atoms with Gasteiger partial charge in [-0.1, -0.05) is 61.2 Å². The summed E-state index contributed by atoms with van der Waals surface area (Å²) in [4.78, 5) is 15.6. The summed E-state index contributed by atoms with van der Waals surface area (Å²) >= 11 is 0. The van der Waals surface area contributed by atoms with Crippen LogP contribution in [0.3, 0.4) is 0 Å². The number of benzene rings is 2. The normalized spacial score (nSPS) is 25.7. The summed E-state index contributed by atoms with van der Waals surface area (Å²) in [5, 5.41) is 0. The maximum atomic E-state index is 13.0. The first kappa shape index (κ1) is 16.3. The molecule has 0 aliphatic carbocycles. The molecule has 2 atom stereocenters. The van der Waals surface area contributed by atoms with Gasteiger partial charge in [0.25, 0.3) is 0 Å². The minimum atomic E-state index is 0.171. The predicted octanol–water partition coefficient (Wildman–Crippen LogP) is 4.96. The van der Waals surface area contributed by atoms with Gasteiger partial charge in [0, 0.05) is 30.1 Å². The van der Waals surface area contributed by atoms with Crippen molar-refractivity contribution in [3.8, 4) is 0 Å². The molecule has 2 heterocycles. The van der Waals surface area contributed by atoms with E-state index in [0.29, 0.717) is 17.9 Å². The van der Waals surface area contributed by atoms with E-state index >= 15 is 0 Å². The van der Waals surface area contributed by atoms with Crippen molar-refractivity contribution in [2.45, 2.75) is 44.3 Å². The fourth-order valence-corrected chi connectivity index (χ4v) is 4.60. The Balaban J connectivity index is 1.47. The molecular formula is C23H25NO. The molecule has 2 nitrogen and oxygen atoms in total. The summed E-state index contributed by atoms with van der Waals surface area (Å²) in [6, 6.07) is 19.7. The standard InChI is InChI=1S/C23H25NO/c1-2-17-9-6-10-19(13-17)23(25)20-14-21-11-12-22(15-20)24(21)16-18-7-4-3-5-8-18/h2-10,13,20-22H,1,11-12,14-16H2. The van der Waals surface area contributed by atoms with Crippen LogP contribution in [0.15, 0.2) is 61.2 Å². The molecule has 2 bridgehead atoms. The second-order valence-corrected chi connectivity index (χ2v) is 7.41. The lowest BCUT2D eigenvalue weighted by Gasteiger charge is -2.38. The van der Waals surface area contributed by atoms with Gasteiger partial charge in [0.2, 0.25) is 0 Å². The summed E-state index contributed by atoms with van der Waals surface area (Å²) < 4.78 is 0. The Morgan fingerprint density at radius 3 is 2.44 bits per heavy atom. The largest absolute Gasteiger partial charge is 0.294 e. The van der Waals surface area contributed by atoms with Gasteiger partial charge in [-0.2, -0.15) is 0 Å². The average Bonchev–Trinajstić information content (AvgIpc) is 2.90. The third-order valence-electron chi connectivity index (χ3n) is 5.87. The summed E-state index contributed by atoms with van der Waals surface area (Å²) in [6.07, 6.45) is 6.27. The van der Waals surface area contributed by atoms with Crippen LogP contribution >= 0.6 is 0 Å². The number of carbonyl (C=O) groups excluding carboxylic acids is 1. The topological polar surface area (TPSA) is 20.3 Å². The smallest absolute Gasteiger partial charge is 0.166 e. The van der Waals surface area contributed by atoms with E-state index in [0.717, 1.165) is 30.5 Å². The highest BCUT2D eigenvalue weighted by Gasteiger charge is 2.42. The first-order valence-electron chi connectivity index (χ1n) is 9.31. The second-order valence-electron chi connectivity index (χ2n) is 7.41. The molecule has 0 aromatic heterocycles. The molecule has 2 saturated heterocycles. The third kappa shape index (κ3) is 3.32. The fourth-order valence-electron chi connectivity index (χ4n) is 4.60. The van der Waals surface area contributed by atoms with Crippen molar-refractivity contribution in [1.82, 2.24) is 4.90 Å². The lowest BCUT2D eigenvalue weighted by molar-refractivity contribution is 0.0678. The number of fused-ring (bicyclic) bond motifs is 2. The molecule has 0 spiro atoms. The molecule has 2 aromatic carbocycles. The second kappa shape index (κ2) is 6.97. The molecule has 0 amide bonds. The first-order chi connectivity index (χ1) is 12.2. The van der Waals surface area contributed by atoms with Gasteiger partial charge in [-0.25, -0.2) is 0 Å². The van der Waals surface area contributed by atoms with Crippen LogP contribution in [0.2, 0.25) is 0 Å². The van der Waals surface area contributed by atoms with E-state index < -0.39 is 0 Å². The Morgan fingerprint density at radius 1 is 1.04 bits per heavy atom. The molecule has 2 aliphatic heterocycles. The highest BCUT2D eigenvalue weighted by molar-refractivity contribution is 5.98. The van der Waals surface area contributed by atoms with Gasteiger partial charge in [-0.3, -0.25) is 9.69 Å². The van der Waals surface area contributed by atoms with Gasteiger partial charge in [-0.15, -0.1) is 0 Å². The summed E-state index contributed by atoms with van der Waals surface area (Å²) in [6.45, 7) is 4.83. The van der Waals surface area contributed by atoms with Gasteiger partial charge in [-0.05, 0) is 42.9 Å². The molecule has 25 heavy (non-hydrogen) atoms. The number of nitrogens with zero attached hydrogens (tertiary/aromatic N) is 1. The van der Waals surface area contributed by atoms with Crippen molar-refractivity contribution in [3.05, 3.63) is 77.9 Å². The minimum Gasteiger partial charge on any atom is -0.294 e. The number of piperidine rings is 1. The summed E-state index contributed by atoms with van der Waals surface area (Å²) in [5.74, 6) is 0.490. The van der Waals surface area contributed by atoms with Crippen molar-refractivity contribution in [3.63, 3.8) is 0 Å². The van der Waals surface area contributed by atoms with Crippen LogP contribution < -0.4 is 0 Å². The number of hydrogen-bond donors (Lipinski definition) is 0. The van der Waals surface area contributed by atoms with Crippen molar-refractivity contribution in [2.75, 3.05) is 0 Å². The molecular weight excluding hydrogens is 306 g/mol. The molecule has 0 saturated carbocycles. The molecule has 128 valence electrons. The van der Waals surface area contributed by atoms with E-state index in [1.165, 1.54) is 18.4 Å².